The molecule has 1 aromatic carbocycles. The molecule has 0 spiro atoms. The van der Waals surface area contributed by atoms with Crippen LogP contribution in [0.1, 0.15) is 15.9 Å². The molecular formula is C13H13N3O4. The third-order valence-corrected chi connectivity index (χ3v) is 2.68. The highest BCUT2D eigenvalue weighted by molar-refractivity contribution is 5.93. The second-order valence-corrected chi connectivity index (χ2v) is 4.02. The highest BCUT2D eigenvalue weighted by Gasteiger charge is 2.10. The summed E-state index contributed by atoms with van der Waals surface area (Å²) in [6, 6.07) is 7.15. The molecule has 0 atom stereocenters. The Hall–Kier alpha value is -2.83. The Morgan fingerprint density at radius 2 is 1.95 bits per heavy atom. The highest BCUT2D eigenvalue weighted by Crippen LogP contribution is 2.10. The number of aromatic nitrogens is 2. The zero-order valence-electron chi connectivity index (χ0n) is 10.7. The van der Waals surface area contributed by atoms with Crippen LogP contribution in [0.15, 0.2) is 40.1 Å². The Labute approximate surface area is 113 Å². The number of carbonyl (C=O) groups excluding carboxylic acids is 1. The average molecular weight is 275 g/mol. The van der Waals surface area contributed by atoms with E-state index in [-0.39, 0.29) is 12.1 Å². The molecular weight excluding hydrogens is 262 g/mol. The van der Waals surface area contributed by atoms with Crippen LogP contribution >= 0.6 is 0 Å². The van der Waals surface area contributed by atoms with E-state index in [0.717, 1.165) is 17.5 Å². The second kappa shape index (κ2) is 5.87. The molecule has 0 aliphatic rings. The summed E-state index contributed by atoms with van der Waals surface area (Å²) in [7, 11) is 1.57. The number of ether oxygens (including phenoxy) is 1. The highest BCUT2D eigenvalue weighted by atomic mass is 16.5. The normalized spacial score (nSPS) is 10.1. The number of nitrogens with one attached hydrogen (secondary N) is 3. The fourth-order valence-electron chi connectivity index (χ4n) is 1.60. The molecule has 2 aromatic rings. The van der Waals surface area contributed by atoms with Gasteiger partial charge in [-0.2, -0.15) is 0 Å². The summed E-state index contributed by atoms with van der Waals surface area (Å²) in [6.45, 7) is 0.265. The van der Waals surface area contributed by atoms with Gasteiger partial charge < -0.3 is 15.0 Å². The van der Waals surface area contributed by atoms with Crippen molar-refractivity contribution < 1.29 is 9.53 Å². The molecule has 0 aliphatic carbocycles. The largest absolute Gasteiger partial charge is 0.497 e. The molecule has 7 nitrogen and oxygen atoms in total. The maximum Gasteiger partial charge on any atom is 0.325 e. The zero-order chi connectivity index (χ0) is 14.5. The SMILES string of the molecule is COc1ccc(CNC(=O)c2c[nH]c(=O)[nH]c2=O)cc1. The van der Waals surface area contributed by atoms with Crippen molar-refractivity contribution in [2.45, 2.75) is 6.54 Å². The van der Waals surface area contributed by atoms with Crippen LogP contribution in [0.25, 0.3) is 0 Å². The first-order valence-electron chi connectivity index (χ1n) is 5.83. The fraction of sp³-hybridized carbons (Fsp3) is 0.154. The number of aromatic amines is 2. The predicted octanol–water partition coefficient (Wildman–Crippen LogP) is 0.00180. The molecule has 0 unspecified atom stereocenters. The van der Waals surface area contributed by atoms with E-state index < -0.39 is 17.2 Å². The van der Waals surface area contributed by atoms with Gasteiger partial charge in [-0.25, -0.2) is 4.79 Å². The standard InChI is InChI=1S/C13H13N3O4/c1-20-9-4-2-8(3-5-9)6-14-11(17)10-7-15-13(19)16-12(10)18/h2-5,7H,6H2,1H3,(H,14,17)(H2,15,16,18,19). The Kier molecular flexibility index (Phi) is 3.99. The molecule has 1 amide bonds. The molecule has 2 rings (SSSR count). The molecule has 0 aliphatic heterocycles. The van der Waals surface area contributed by atoms with E-state index in [9.17, 15) is 14.4 Å². The minimum Gasteiger partial charge on any atom is -0.497 e. The maximum atomic E-state index is 11.8. The van der Waals surface area contributed by atoms with Crippen molar-refractivity contribution in [1.29, 1.82) is 0 Å². The van der Waals surface area contributed by atoms with Crippen molar-refractivity contribution in [3.8, 4) is 5.75 Å². The number of hydrogen-bond donors (Lipinski definition) is 3. The van der Waals surface area contributed by atoms with Crippen LogP contribution in [-0.4, -0.2) is 23.0 Å². The molecule has 20 heavy (non-hydrogen) atoms. The van der Waals surface area contributed by atoms with E-state index in [0.29, 0.717) is 0 Å². The number of rotatable bonds is 4. The van der Waals surface area contributed by atoms with E-state index in [1.165, 1.54) is 0 Å². The number of hydrogen-bond acceptors (Lipinski definition) is 4. The van der Waals surface area contributed by atoms with Crippen molar-refractivity contribution in [1.82, 2.24) is 15.3 Å². The van der Waals surface area contributed by atoms with Gasteiger partial charge in [0.05, 0.1) is 7.11 Å². The van der Waals surface area contributed by atoms with E-state index in [4.69, 9.17) is 4.74 Å². The van der Waals surface area contributed by atoms with Gasteiger partial charge in [-0.05, 0) is 17.7 Å². The van der Waals surface area contributed by atoms with Crippen molar-refractivity contribution in [3.05, 3.63) is 62.4 Å². The molecule has 0 fully saturated rings. The molecule has 1 aromatic heterocycles. The van der Waals surface area contributed by atoms with Crippen LogP contribution < -0.4 is 21.3 Å². The van der Waals surface area contributed by atoms with E-state index >= 15 is 0 Å². The van der Waals surface area contributed by atoms with Crippen LogP contribution in [0.4, 0.5) is 0 Å². The monoisotopic (exact) mass is 275 g/mol. The van der Waals surface area contributed by atoms with Gasteiger partial charge in [0.1, 0.15) is 11.3 Å². The van der Waals surface area contributed by atoms with Gasteiger partial charge in [0.25, 0.3) is 11.5 Å². The van der Waals surface area contributed by atoms with Gasteiger partial charge in [-0.1, -0.05) is 12.1 Å². The molecule has 7 heteroatoms. The Bertz CT molecular complexity index is 715. The van der Waals surface area contributed by atoms with Crippen molar-refractivity contribution in [3.63, 3.8) is 0 Å². The van der Waals surface area contributed by atoms with Gasteiger partial charge in [-0.3, -0.25) is 14.6 Å². The second-order valence-electron chi connectivity index (χ2n) is 4.02. The number of methoxy groups -OCH3 is 1. The van der Waals surface area contributed by atoms with Crippen molar-refractivity contribution in [2.75, 3.05) is 7.11 Å². The lowest BCUT2D eigenvalue weighted by Gasteiger charge is -2.05. The van der Waals surface area contributed by atoms with Gasteiger partial charge >= 0.3 is 5.69 Å². The van der Waals surface area contributed by atoms with E-state index in [1.807, 2.05) is 4.98 Å². The molecule has 0 bridgehead atoms. The minimum atomic E-state index is -0.721. The molecule has 104 valence electrons. The first-order valence-corrected chi connectivity index (χ1v) is 5.83. The molecule has 0 saturated heterocycles. The van der Waals surface area contributed by atoms with Crippen LogP contribution in [0.5, 0.6) is 5.75 Å². The Morgan fingerprint density at radius 1 is 1.25 bits per heavy atom. The fourth-order valence-corrected chi connectivity index (χ4v) is 1.60. The third kappa shape index (κ3) is 3.14. The first-order chi connectivity index (χ1) is 9.60. The number of carbonyl (C=O) groups is 1. The van der Waals surface area contributed by atoms with Gasteiger partial charge in [0.2, 0.25) is 0 Å². The van der Waals surface area contributed by atoms with E-state index in [1.54, 1.807) is 31.4 Å². The van der Waals surface area contributed by atoms with Crippen LogP contribution in [0.2, 0.25) is 0 Å². The maximum absolute atomic E-state index is 11.8. The summed E-state index contributed by atoms with van der Waals surface area (Å²) >= 11 is 0. The minimum absolute atomic E-state index is 0.141. The summed E-state index contributed by atoms with van der Waals surface area (Å²) in [5.74, 6) is 0.162. The van der Waals surface area contributed by atoms with Crippen LogP contribution in [0.3, 0.4) is 0 Å². The van der Waals surface area contributed by atoms with Gasteiger partial charge in [0.15, 0.2) is 0 Å². The quantitative estimate of drug-likeness (QED) is 0.730. The van der Waals surface area contributed by atoms with Gasteiger partial charge in [0, 0.05) is 12.7 Å². The summed E-state index contributed by atoms with van der Waals surface area (Å²) in [5.41, 5.74) is -0.652. The van der Waals surface area contributed by atoms with Gasteiger partial charge in [-0.15, -0.1) is 0 Å². The lowest BCUT2D eigenvalue weighted by atomic mass is 10.2. The Morgan fingerprint density at radius 3 is 2.55 bits per heavy atom. The van der Waals surface area contributed by atoms with E-state index in [2.05, 4.69) is 10.3 Å². The number of benzene rings is 1. The predicted molar refractivity (Wildman–Crippen MR) is 71.8 cm³/mol. The summed E-state index contributed by atoms with van der Waals surface area (Å²) in [6.07, 6.45) is 1.09. The number of amides is 1. The topological polar surface area (TPSA) is 104 Å². The molecule has 1 heterocycles. The number of H-pyrrole nitrogens is 2. The smallest absolute Gasteiger partial charge is 0.325 e. The molecule has 0 saturated carbocycles. The zero-order valence-corrected chi connectivity index (χ0v) is 10.7. The molecule has 3 N–H and O–H groups in total. The van der Waals surface area contributed by atoms with Crippen LogP contribution in [0, 0.1) is 0 Å². The lowest BCUT2D eigenvalue weighted by molar-refractivity contribution is 0.0949. The average Bonchev–Trinajstić information content (AvgIpc) is 2.45. The first kappa shape index (κ1) is 13.6. The summed E-state index contributed by atoms with van der Waals surface area (Å²) in [4.78, 5) is 38.3. The Balaban J connectivity index is 2.04. The lowest BCUT2D eigenvalue weighted by Crippen LogP contribution is -2.33. The third-order valence-electron chi connectivity index (χ3n) is 2.68. The summed E-state index contributed by atoms with van der Waals surface area (Å²) < 4.78 is 5.02. The molecule has 0 radical (unpaired) electrons. The van der Waals surface area contributed by atoms with Crippen molar-refractivity contribution >= 4 is 5.91 Å². The van der Waals surface area contributed by atoms with Crippen molar-refractivity contribution in [2.24, 2.45) is 0 Å². The van der Waals surface area contributed by atoms with Crippen LogP contribution in [-0.2, 0) is 6.54 Å². The summed E-state index contributed by atoms with van der Waals surface area (Å²) in [5, 5.41) is 2.59.